The van der Waals surface area contributed by atoms with E-state index in [-0.39, 0.29) is 5.91 Å². The molecule has 2 aromatic rings. The Kier molecular flexibility index (Phi) is 4.09. The van der Waals surface area contributed by atoms with E-state index in [2.05, 4.69) is 10.3 Å². The highest BCUT2D eigenvalue weighted by Crippen LogP contribution is 2.32. The molecule has 1 aromatic carbocycles. The minimum absolute atomic E-state index is 0.0431. The number of amides is 1. The number of thiazole rings is 1. The number of para-hydroxylation sites is 1. The van der Waals surface area contributed by atoms with Gasteiger partial charge in [0.25, 0.3) is 0 Å². The molecule has 106 valence electrons. The topological polar surface area (TPSA) is 51.2 Å². The molecule has 0 radical (unpaired) electrons. The van der Waals surface area contributed by atoms with Gasteiger partial charge in [-0.1, -0.05) is 32.9 Å². The lowest BCUT2D eigenvalue weighted by molar-refractivity contribution is -0.123. The van der Waals surface area contributed by atoms with Crippen LogP contribution in [0.25, 0.3) is 11.3 Å². The Morgan fingerprint density at radius 3 is 2.65 bits per heavy atom. The van der Waals surface area contributed by atoms with Crippen LogP contribution in [0.3, 0.4) is 0 Å². The van der Waals surface area contributed by atoms with E-state index in [1.54, 1.807) is 7.11 Å². The molecular weight excluding hydrogens is 272 g/mol. The van der Waals surface area contributed by atoms with Crippen molar-refractivity contribution in [2.75, 3.05) is 12.4 Å². The highest BCUT2D eigenvalue weighted by Gasteiger charge is 2.22. The van der Waals surface area contributed by atoms with Crippen LogP contribution in [0, 0.1) is 5.41 Å². The summed E-state index contributed by atoms with van der Waals surface area (Å²) in [5.41, 5.74) is 1.29. The molecular formula is C15H18N2O2S. The van der Waals surface area contributed by atoms with Crippen LogP contribution in [-0.4, -0.2) is 18.0 Å². The number of hydrogen-bond acceptors (Lipinski definition) is 4. The Bertz CT molecular complexity index is 614. The van der Waals surface area contributed by atoms with Gasteiger partial charge in [-0.2, -0.15) is 0 Å². The van der Waals surface area contributed by atoms with E-state index in [1.165, 1.54) is 11.3 Å². The van der Waals surface area contributed by atoms with Crippen molar-refractivity contribution in [1.82, 2.24) is 4.98 Å². The van der Waals surface area contributed by atoms with Gasteiger partial charge in [0, 0.05) is 16.4 Å². The van der Waals surface area contributed by atoms with Crippen LogP contribution in [-0.2, 0) is 4.79 Å². The number of carbonyl (C=O) groups is 1. The summed E-state index contributed by atoms with van der Waals surface area (Å²) in [7, 11) is 1.63. The van der Waals surface area contributed by atoms with Crippen molar-refractivity contribution in [3.63, 3.8) is 0 Å². The Balaban J connectivity index is 2.23. The number of ether oxygens (including phenoxy) is 1. The highest BCUT2D eigenvalue weighted by atomic mass is 32.1. The second-order valence-electron chi connectivity index (χ2n) is 5.44. The molecule has 20 heavy (non-hydrogen) atoms. The van der Waals surface area contributed by atoms with Gasteiger partial charge < -0.3 is 10.1 Å². The van der Waals surface area contributed by atoms with Gasteiger partial charge in [-0.15, -0.1) is 11.3 Å². The minimum atomic E-state index is -0.434. The quantitative estimate of drug-likeness (QED) is 0.935. The first-order chi connectivity index (χ1) is 9.41. The largest absolute Gasteiger partial charge is 0.496 e. The molecule has 0 aliphatic carbocycles. The molecule has 0 atom stereocenters. The lowest BCUT2D eigenvalue weighted by Crippen LogP contribution is -2.27. The molecule has 0 unspecified atom stereocenters. The zero-order valence-electron chi connectivity index (χ0n) is 12.1. The molecule has 0 saturated carbocycles. The molecule has 5 heteroatoms. The number of aromatic nitrogens is 1. The van der Waals surface area contributed by atoms with Crippen molar-refractivity contribution in [3.8, 4) is 17.0 Å². The number of carbonyl (C=O) groups excluding carboxylic acids is 1. The Morgan fingerprint density at radius 2 is 2.00 bits per heavy atom. The Labute approximate surface area is 122 Å². The van der Waals surface area contributed by atoms with Crippen molar-refractivity contribution >= 4 is 22.4 Å². The van der Waals surface area contributed by atoms with Crippen molar-refractivity contribution < 1.29 is 9.53 Å². The fraction of sp³-hybridized carbons (Fsp3) is 0.333. The highest BCUT2D eigenvalue weighted by molar-refractivity contribution is 7.14. The van der Waals surface area contributed by atoms with Crippen LogP contribution in [0.5, 0.6) is 5.75 Å². The third-order valence-electron chi connectivity index (χ3n) is 2.79. The van der Waals surface area contributed by atoms with Gasteiger partial charge in [-0.3, -0.25) is 4.79 Å². The van der Waals surface area contributed by atoms with E-state index in [4.69, 9.17) is 4.74 Å². The van der Waals surface area contributed by atoms with Gasteiger partial charge in [0.05, 0.1) is 12.8 Å². The first-order valence-corrected chi connectivity index (χ1v) is 7.20. The Hall–Kier alpha value is -1.88. The van der Waals surface area contributed by atoms with E-state index in [0.29, 0.717) is 5.13 Å². The second kappa shape index (κ2) is 5.63. The smallest absolute Gasteiger partial charge is 0.231 e. The molecule has 0 aliphatic heterocycles. The summed E-state index contributed by atoms with van der Waals surface area (Å²) in [4.78, 5) is 16.4. The van der Waals surface area contributed by atoms with Gasteiger partial charge in [0.15, 0.2) is 5.13 Å². The summed E-state index contributed by atoms with van der Waals surface area (Å²) in [6, 6.07) is 7.69. The first kappa shape index (κ1) is 14.5. The maximum Gasteiger partial charge on any atom is 0.231 e. The number of benzene rings is 1. The van der Waals surface area contributed by atoms with Gasteiger partial charge in [-0.25, -0.2) is 4.98 Å². The number of hydrogen-bond donors (Lipinski definition) is 1. The number of anilines is 1. The van der Waals surface area contributed by atoms with Crippen LogP contribution >= 0.6 is 11.3 Å². The predicted octanol–water partition coefficient (Wildman–Crippen LogP) is 3.80. The van der Waals surface area contributed by atoms with Crippen LogP contribution in [0.4, 0.5) is 5.13 Å². The predicted molar refractivity (Wildman–Crippen MR) is 82.2 cm³/mol. The molecule has 0 spiro atoms. The molecule has 1 aromatic heterocycles. The average Bonchev–Trinajstić information content (AvgIpc) is 2.86. The van der Waals surface area contributed by atoms with Gasteiger partial charge >= 0.3 is 0 Å². The number of methoxy groups -OCH3 is 1. The van der Waals surface area contributed by atoms with Crippen LogP contribution < -0.4 is 10.1 Å². The molecule has 1 N–H and O–H groups in total. The normalized spacial score (nSPS) is 11.2. The summed E-state index contributed by atoms with van der Waals surface area (Å²) >= 11 is 1.41. The maximum atomic E-state index is 11.9. The van der Waals surface area contributed by atoms with E-state index in [0.717, 1.165) is 17.0 Å². The van der Waals surface area contributed by atoms with Crippen LogP contribution in [0.15, 0.2) is 29.6 Å². The summed E-state index contributed by atoms with van der Waals surface area (Å²) in [6.07, 6.45) is 0. The van der Waals surface area contributed by atoms with E-state index in [1.807, 2.05) is 50.4 Å². The molecule has 0 fully saturated rings. The molecule has 0 bridgehead atoms. The SMILES string of the molecule is COc1ccccc1-c1csc(NC(=O)C(C)(C)C)n1. The number of rotatable bonds is 3. The fourth-order valence-corrected chi connectivity index (χ4v) is 2.30. The summed E-state index contributed by atoms with van der Waals surface area (Å²) in [5.74, 6) is 0.727. The van der Waals surface area contributed by atoms with E-state index in [9.17, 15) is 4.79 Å². The number of nitrogens with zero attached hydrogens (tertiary/aromatic N) is 1. The zero-order valence-corrected chi connectivity index (χ0v) is 12.9. The molecule has 2 rings (SSSR count). The van der Waals surface area contributed by atoms with E-state index >= 15 is 0 Å². The zero-order chi connectivity index (χ0) is 14.8. The van der Waals surface area contributed by atoms with Crippen molar-refractivity contribution in [2.45, 2.75) is 20.8 Å². The fourth-order valence-electron chi connectivity index (χ4n) is 1.60. The maximum absolute atomic E-state index is 11.9. The second-order valence-corrected chi connectivity index (χ2v) is 6.30. The van der Waals surface area contributed by atoms with Gasteiger partial charge in [0.2, 0.25) is 5.91 Å². The standard InChI is InChI=1S/C15H18N2O2S/c1-15(2,3)13(18)17-14-16-11(9-20-14)10-7-5-6-8-12(10)19-4/h5-9H,1-4H3,(H,16,17,18). The molecule has 4 nitrogen and oxygen atoms in total. The Morgan fingerprint density at radius 1 is 1.30 bits per heavy atom. The monoisotopic (exact) mass is 290 g/mol. The van der Waals surface area contributed by atoms with Crippen molar-refractivity contribution in [1.29, 1.82) is 0 Å². The molecule has 1 heterocycles. The summed E-state index contributed by atoms with van der Waals surface area (Å²) < 4.78 is 5.32. The average molecular weight is 290 g/mol. The van der Waals surface area contributed by atoms with E-state index < -0.39 is 5.41 Å². The van der Waals surface area contributed by atoms with Gasteiger partial charge in [-0.05, 0) is 12.1 Å². The van der Waals surface area contributed by atoms with Crippen molar-refractivity contribution in [2.24, 2.45) is 5.41 Å². The van der Waals surface area contributed by atoms with Crippen LogP contribution in [0.1, 0.15) is 20.8 Å². The van der Waals surface area contributed by atoms with Crippen LogP contribution in [0.2, 0.25) is 0 Å². The number of nitrogens with one attached hydrogen (secondary N) is 1. The lowest BCUT2D eigenvalue weighted by atomic mass is 9.96. The first-order valence-electron chi connectivity index (χ1n) is 6.32. The molecule has 0 saturated heterocycles. The lowest BCUT2D eigenvalue weighted by Gasteiger charge is -2.15. The third kappa shape index (κ3) is 3.17. The van der Waals surface area contributed by atoms with Gasteiger partial charge in [0.1, 0.15) is 5.75 Å². The molecule has 1 amide bonds. The minimum Gasteiger partial charge on any atom is -0.496 e. The molecule has 0 aliphatic rings. The summed E-state index contributed by atoms with van der Waals surface area (Å²) in [5, 5.41) is 5.35. The third-order valence-corrected chi connectivity index (χ3v) is 3.55. The summed E-state index contributed by atoms with van der Waals surface area (Å²) in [6.45, 7) is 5.62. The van der Waals surface area contributed by atoms with Crippen molar-refractivity contribution in [3.05, 3.63) is 29.6 Å².